The Morgan fingerprint density at radius 2 is 2.13 bits per heavy atom. The predicted molar refractivity (Wildman–Crippen MR) is 55.7 cm³/mol. The second-order valence-electron chi connectivity index (χ2n) is 4.12. The second-order valence-corrected chi connectivity index (χ2v) is 4.12. The number of carbonyl (C=O) groups is 1. The van der Waals surface area contributed by atoms with E-state index in [0.717, 1.165) is 44.6 Å². The molecule has 2 N–H and O–H groups in total. The third-order valence-electron chi connectivity index (χ3n) is 3.23. The van der Waals surface area contributed by atoms with Crippen LogP contribution < -0.4 is 5.32 Å². The number of hydrogen-bond donors (Lipinski definition) is 2. The summed E-state index contributed by atoms with van der Waals surface area (Å²) in [7, 11) is 0. The van der Waals surface area contributed by atoms with Gasteiger partial charge in [0.1, 0.15) is 0 Å². The van der Waals surface area contributed by atoms with Crippen molar-refractivity contribution in [3.63, 3.8) is 0 Å². The molecule has 0 aromatic heterocycles. The highest BCUT2D eigenvalue weighted by atomic mass is 16.5. The van der Waals surface area contributed by atoms with Crippen LogP contribution >= 0.6 is 0 Å². The van der Waals surface area contributed by atoms with Crippen LogP contribution in [0.2, 0.25) is 0 Å². The summed E-state index contributed by atoms with van der Waals surface area (Å²) in [6.45, 7) is 2.97. The molecule has 0 aromatic carbocycles. The van der Waals surface area contributed by atoms with Crippen LogP contribution in [0.4, 0.5) is 0 Å². The fourth-order valence-electron chi connectivity index (χ4n) is 2.41. The summed E-state index contributed by atoms with van der Waals surface area (Å²) >= 11 is 0. The normalized spacial score (nSPS) is 24.3. The van der Waals surface area contributed by atoms with Crippen LogP contribution in [0.25, 0.3) is 0 Å². The van der Waals surface area contributed by atoms with Crippen molar-refractivity contribution >= 4 is 5.97 Å². The lowest BCUT2D eigenvalue weighted by Crippen LogP contribution is -2.32. The smallest absolute Gasteiger partial charge is 0.332 e. The standard InChI is InChI=1S/C11H17NO3/c13-11(14)10-7-12-4-1-9(10)8-2-5-15-6-3-8/h8,12H,1-7H2,(H,13,14). The Morgan fingerprint density at radius 1 is 1.40 bits per heavy atom. The van der Waals surface area contributed by atoms with Crippen LogP contribution in [-0.4, -0.2) is 37.4 Å². The lowest BCUT2D eigenvalue weighted by Gasteiger charge is -2.29. The van der Waals surface area contributed by atoms with E-state index in [9.17, 15) is 4.79 Å². The molecule has 0 atom stereocenters. The SMILES string of the molecule is O=C(O)C1=C(C2CCOCC2)CCNC1. The molecule has 2 aliphatic rings. The van der Waals surface area contributed by atoms with Crippen LogP contribution in [0.15, 0.2) is 11.1 Å². The molecule has 2 heterocycles. The van der Waals surface area contributed by atoms with Crippen LogP contribution in [0.3, 0.4) is 0 Å². The van der Waals surface area contributed by atoms with Crippen molar-refractivity contribution in [1.82, 2.24) is 5.32 Å². The highest BCUT2D eigenvalue weighted by molar-refractivity contribution is 5.88. The molecule has 15 heavy (non-hydrogen) atoms. The summed E-state index contributed by atoms with van der Waals surface area (Å²) < 4.78 is 5.30. The Balaban J connectivity index is 2.17. The molecule has 0 radical (unpaired) electrons. The van der Waals surface area contributed by atoms with Crippen LogP contribution in [0, 0.1) is 5.92 Å². The quantitative estimate of drug-likeness (QED) is 0.709. The van der Waals surface area contributed by atoms with Gasteiger partial charge in [-0.1, -0.05) is 5.57 Å². The fourth-order valence-corrected chi connectivity index (χ4v) is 2.41. The summed E-state index contributed by atoms with van der Waals surface area (Å²) in [6.07, 6.45) is 2.84. The molecule has 2 rings (SSSR count). The first-order chi connectivity index (χ1) is 7.29. The Labute approximate surface area is 89.3 Å². The summed E-state index contributed by atoms with van der Waals surface area (Å²) in [5.74, 6) is -0.323. The van der Waals surface area contributed by atoms with E-state index in [2.05, 4.69) is 5.32 Å². The van der Waals surface area contributed by atoms with Gasteiger partial charge in [0.05, 0.1) is 5.57 Å². The van der Waals surface area contributed by atoms with Crippen LogP contribution in [-0.2, 0) is 9.53 Å². The summed E-state index contributed by atoms with van der Waals surface area (Å²) in [5, 5.41) is 12.2. The molecule has 0 amide bonds. The van der Waals surface area contributed by atoms with Crippen molar-refractivity contribution in [3.05, 3.63) is 11.1 Å². The van der Waals surface area contributed by atoms with Gasteiger partial charge in [-0.25, -0.2) is 4.79 Å². The first kappa shape index (κ1) is 10.6. The van der Waals surface area contributed by atoms with Crippen LogP contribution in [0.1, 0.15) is 19.3 Å². The lowest BCUT2D eigenvalue weighted by molar-refractivity contribution is -0.132. The van der Waals surface area contributed by atoms with E-state index in [0.29, 0.717) is 18.0 Å². The lowest BCUT2D eigenvalue weighted by atomic mass is 9.84. The van der Waals surface area contributed by atoms with Gasteiger partial charge in [0.25, 0.3) is 0 Å². The van der Waals surface area contributed by atoms with Gasteiger partial charge in [-0.15, -0.1) is 0 Å². The van der Waals surface area contributed by atoms with Gasteiger partial charge in [0, 0.05) is 19.8 Å². The average Bonchev–Trinajstić information content (AvgIpc) is 2.30. The molecule has 0 aromatic rings. The molecule has 1 fully saturated rings. The maximum atomic E-state index is 11.1. The molecule has 4 heteroatoms. The average molecular weight is 211 g/mol. The molecule has 2 aliphatic heterocycles. The van der Waals surface area contributed by atoms with E-state index >= 15 is 0 Å². The molecule has 84 valence electrons. The van der Waals surface area contributed by atoms with E-state index in [1.54, 1.807) is 0 Å². The van der Waals surface area contributed by atoms with Crippen molar-refractivity contribution < 1.29 is 14.6 Å². The zero-order valence-corrected chi connectivity index (χ0v) is 8.79. The minimum atomic E-state index is -0.760. The predicted octanol–water partition coefficient (Wildman–Crippen LogP) is 0.787. The zero-order chi connectivity index (χ0) is 10.7. The monoisotopic (exact) mass is 211 g/mol. The number of nitrogens with one attached hydrogen (secondary N) is 1. The van der Waals surface area contributed by atoms with Gasteiger partial charge in [0.15, 0.2) is 0 Å². The van der Waals surface area contributed by atoms with E-state index < -0.39 is 5.97 Å². The van der Waals surface area contributed by atoms with Gasteiger partial charge in [-0.05, 0) is 31.7 Å². The summed E-state index contributed by atoms with van der Waals surface area (Å²) in [4.78, 5) is 11.1. The van der Waals surface area contributed by atoms with E-state index in [-0.39, 0.29) is 0 Å². The van der Waals surface area contributed by atoms with Crippen LogP contribution in [0.5, 0.6) is 0 Å². The van der Waals surface area contributed by atoms with Gasteiger partial charge in [-0.2, -0.15) is 0 Å². The molecule has 0 saturated carbocycles. The minimum absolute atomic E-state index is 0.437. The van der Waals surface area contributed by atoms with E-state index in [1.807, 2.05) is 0 Å². The van der Waals surface area contributed by atoms with Gasteiger partial charge < -0.3 is 15.2 Å². The van der Waals surface area contributed by atoms with Crippen molar-refractivity contribution in [3.8, 4) is 0 Å². The van der Waals surface area contributed by atoms with Crippen molar-refractivity contribution in [2.24, 2.45) is 5.92 Å². The molecule has 0 bridgehead atoms. The Morgan fingerprint density at radius 3 is 2.80 bits per heavy atom. The summed E-state index contributed by atoms with van der Waals surface area (Å²) in [6, 6.07) is 0. The zero-order valence-electron chi connectivity index (χ0n) is 8.79. The Bertz CT molecular complexity index is 280. The van der Waals surface area contributed by atoms with Crippen molar-refractivity contribution in [1.29, 1.82) is 0 Å². The molecule has 4 nitrogen and oxygen atoms in total. The Kier molecular flexibility index (Phi) is 3.38. The second kappa shape index (κ2) is 4.77. The maximum Gasteiger partial charge on any atom is 0.332 e. The molecule has 1 saturated heterocycles. The van der Waals surface area contributed by atoms with Crippen molar-refractivity contribution in [2.45, 2.75) is 19.3 Å². The highest BCUT2D eigenvalue weighted by Gasteiger charge is 2.25. The van der Waals surface area contributed by atoms with E-state index in [4.69, 9.17) is 9.84 Å². The first-order valence-electron chi connectivity index (χ1n) is 5.52. The highest BCUT2D eigenvalue weighted by Crippen LogP contribution is 2.29. The third kappa shape index (κ3) is 2.38. The van der Waals surface area contributed by atoms with E-state index in [1.165, 1.54) is 0 Å². The number of hydrogen-bond acceptors (Lipinski definition) is 3. The molecular weight excluding hydrogens is 194 g/mol. The van der Waals surface area contributed by atoms with Crippen molar-refractivity contribution in [2.75, 3.05) is 26.3 Å². The number of rotatable bonds is 2. The number of carboxylic acids is 1. The van der Waals surface area contributed by atoms with Gasteiger partial charge in [0.2, 0.25) is 0 Å². The Hall–Kier alpha value is -0.870. The largest absolute Gasteiger partial charge is 0.478 e. The molecule has 0 aliphatic carbocycles. The fraction of sp³-hybridized carbons (Fsp3) is 0.727. The molecule has 0 unspecified atom stereocenters. The summed E-state index contributed by atoms with van der Waals surface area (Å²) in [5.41, 5.74) is 1.75. The first-order valence-corrected chi connectivity index (χ1v) is 5.52. The number of ether oxygens (including phenoxy) is 1. The topological polar surface area (TPSA) is 58.6 Å². The number of carboxylic acid groups (broad SMARTS) is 1. The molecular formula is C11H17NO3. The van der Waals surface area contributed by atoms with Gasteiger partial charge >= 0.3 is 5.97 Å². The number of aliphatic carboxylic acids is 1. The van der Waals surface area contributed by atoms with Gasteiger partial charge in [-0.3, -0.25) is 0 Å². The molecule has 0 spiro atoms. The maximum absolute atomic E-state index is 11.1. The minimum Gasteiger partial charge on any atom is -0.478 e. The third-order valence-corrected chi connectivity index (χ3v) is 3.23.